The van der Waals surface area contributed by atoms with E-state index < -0.39 is 0 Å². The Labute approximate surface area is 116 Å². The van der Waals surface area contributed by atoms with E-state index in [1.54, 1.807) is 6.92 Å². The van der Waals surface area contributed by atoms with Crippen LogP contribution < -0.4 is 10.2 Å². The number of benzene rings is 1. The Morgan fingerprint density at radius 3 is 2.26 bits per heavy atom. The molecule has 1 fully saturated rings. The molecule has 2 rings (SSSR count). The third-order valence-electron chi connectivity index (χ3n) is 3.83. The van der Waals surface area contributed by atoms with Crippen molar-refractivity contribution in [2.75, 3.05) is 18.0 Å². The van der Waals surface area contributed by atoms with Gasteiger partial charge in [-0.15, -0.1) is 0 Å². The fraction of sp³-hybridized carbons (Fsp3) is 0.562. The third-order valence-corrected chi connectivity index (χ3v) is 3.83. The smallest absolute Gasteiger partial charge is 0.217 e. The molecule has 104 valence electrons. The van der Waals surface area contributed by atoms with Gasteiger partial charge in [0.05, 0.1) is 0 Å². The van der Waals surface area contributed by atoms with Crippen molar-refractivity contribution in [1.29, 1.82) is 0 Å². The van der Waals surface area contributed by atoms with Crippen molar-refractivity contribution in [2.24, 2.45) is 0 Å². The van der Waals surface area contributed by atoms with E-state index in [1.807, 2.05) is 0 Å². The molecule has 0 saturated carbocycles. The monoisotopic (exact) mass is 260 g/mol. The topological polar surface area (TPSA) is 32.3 Å². The standard InChI is InChI=1S/C16H24N2O/c1-12(2)14-4-6-16(7-5-14)18-10-8-15(9-11-18)17-13(3)19/h4-7,12,15H,8-11H2,1-3H3,(H,17,19). The first kappa shape index (κ1) is 13.9. The van der Waals surface area contributed by atoms with Gasteiger partial charge in [-0.2, -0.15) is 0 Å². The molecule has 1 aliphatic heterocycles. The summed E-state index contributed by atoms with van der Waals surface area (Å²) in [7, 11) is 0. The first-order valence-corrected chi connectivity index (χ1v) is 7.18. The Kier molecular flexibility index (Phi) is 4.46. The minimum atomic E-state index is 0.0831. The van der Waals surface area contributed by atoms with E-state index >= 15 is 0 Å². The summed E-state index contributed by atoms with van der Waals surface area (Å²) in [5.41, 5.74) is 2.68. The van der Waals surface area contributed by atoms with Crippen LogP contribution in [0.1, 0.15) is 45.1 Å². The number of piperidine rings is 1. The van der Waals surface area contributed by atoms with Gasteiger partial charge >= 0.3 is 0 Å². The maximum Gasteiger partial charge on any atom is 0.217 e. The van der Waals surface area contributed by atoms with Crippen LogP contribution in [0.5, 0.6) is 0 Å². The van der Waals surface area contributed by atoms with Crippen molar-refractivity contribution < 1.29 is 4.79 Å². The van der Waals surface area contributed by atoms with Crippen LogP contribution in [0.3, 0.4) is 0 Å². The summed E-state index contributed by atoms with van der Waals surface area (Å²) in [6.45, 7) is 8.07. The molecule has 3 nitrogen and oxygen atoms in total. The fourth-order valence-electron chi connectivity index (χ4n) is 2.64. The van der Waals surface area contributed by atoms with E-state index in [4.69, 9.17) is 0 Å². The second-order valence-corrected chi connectivity index (χ2v) is 5.71. The first-order valence-electron chi connectivity index (χ1n) is 7.18. The molecule has 1 amide bonds. The quantitative estimate of drug-likeness (QED) is 0.906. The summed E-state index contributed by atoms with van der Waals surface area (Å²) < 4.78 is 0. The Hall–Kier alpha value is -1.51. The van der Waals surface area contributed by atoms with E-state index in [0.717, 1.165) is 25.9 Å². The van der Waals surface area contributed by atoms with Gasteiger partial charge in [0.2, 0.25) is 5.91 Å². The van der Waals surface area contributed by atoms with Crippen LogP contribution in [0.25, 0.3) is 0 Å². The Morgan fingerprint density at radius 1 is 1.21 bits per heavy atom. The molecule has 1 N–H and O–H groups in total. The molecule has 1 aromatic rings. The molecular formula is C16H24N2O. The number of hydrogen-bond donors (Lipinski definition) is 1. The largest absolute Gasteiger partial charge is 0.371 e. The second-order valence-electron chi connectivity index (χ2n) is 5.71. The minimum Gasteiger partial charge on any atom is -0.371 e. The second kappa shape index (κ2) is 6.09. The molecule has 3 heteroatoms. The minimum absolute atomic E-state index is 0.0831. The van der Waals surface area contributed by atoms with Gasteiger partial charge in [0.15, 0.2) is 0 Å². The zero-order chi connectivity index (χ0) is 13.8. The lowest BCUT2D eigenvalue weighted by Gasteiger charge is -2.34. The molecule has 19 heavy (non-hydrogen) atoms. The van der Waals surface area contributed by atoms with E-state index in [1.165, 1.54) is 11.3 Å². The molecular weight excluding hydrogens is 236 g/mol. The summed E-state index contributed by atoms with van der Waals surface area (Å²) in [5.74, 6) is 0.666. The lowest BCUT2D eigenvalue weighted by Crippen LogP contribution is -2.44. The highest BCUT2D eigenvalue weighted by Crippen LogP contribution is 2.23. The van der Waals surface area contributed by atoms with E-state index in [0.29, 0.717) is 12.0 Å². The van der Waals surface area contributed by atoms with Gasteiger partial charge in [0, 0.05) is 31.7 Å². The molecule has 0 atom stereocenters. The van der Waals surface area contributed by atoms with Crippen molar-refractivity contribution in [1.82, 2.24) is 5.32 Å². The molecule has 1 aliphatic rings. The molecule has 1 saturated heterocycles. The van der Waals surface area contributed by atoms with Crippen LogP contribution >= 0.6 is 0 Å². The number of amides is 1. The van der Waals surface area contributed by atoms with Gasteiger partial charge < -0.3 is 10.2 Å². The van der Waals surface area contributed by atoms with Crippen LogP contribution in [0.2, 0.25) is 0 Å². The predicted octanol–water partition coefficient (Wildman–Crippen LogP) is 2.91. The van der Waals surface area contributed by atoms with Crippen LogP contribution in [0.15, 0.2) is 24.3 Å². The Balaban J connectivity index is 1.92. The average Bonchev–Trinajstić information content (AvgIpc) is 2.39. The highest BCUT2D eigenvalue weighted by molar-refractivity contribution is 5.73. The molecule has 0 unspecified atom stereocenters. The first-order chi connectivity index (χ1) is 9.06. The maximum absolute atomic E-state index is 11.0. The molecule has 0 aromatic heterocycles. The van der Waals surface area contributed by atoms with Crippen LogP contribution in [-0.4, -0.2) is 25.0 Å². The SMILES string of the molecule is CC(=O)NC1CCN(c2ccc(C(C)C)cc2)CC1. The van der Waals surface area contributed by atoms with E-state index in [2.05, 4.69) is 48.3 Å². The Morgan fingerprint density at radius 2 is 1.79 bits per heavy atom. The lowest BCUT2D eigenvalue weighted by atomic mass is 10.0. The number of anilines is 1. The van der Waals surface area contributed by atoms with Crippen molar-refractivity contribution in [3.05, 3.63) is 29.8 Å². The van der Waals surface area contributed by atoms with E-state index in [9.17, 15) is 4.79 Å². The summed E-state index contributed by atoms with van der Waals surface area (Å²) in [6, 6.07) is 9.23. The molecule has 0 bridgehead atoms. The predicted molar refractivity (Wildman–Crippen MR) is 79.6 cm³/mol. The summed E-state index contributed by atoms with van der Waals surface area (Å²) in [5, 5.41) is 3.01. The fourth-order valence-corrected chi connectivity index (χ4v) is 2.64. The number of carbonyl (C=O) groups is 1. The van der Waals surface area contributed by atoms with Crippen LogP contribution in [0.4, 0.5) is 5.69 Å². The number of nitrogens with zero attached hydrogens (tertiary/aromatic N) is 1. The highest BCUT2D eigenvalue weighted by atomic mass is 16.1. The van der Waals surface area contributed by atoms with Crippen LogP contribution in [0, 0.1) is 0 Å². The lowest BCUT2D eigenvalue weighted by molar-refractivity contribution is -0.119. The average molecular weight is 260 g/mol. The highest BCUT2D eigenvalue weighted by Gasteiger charge is 2.19. The van der Waals surface area contributed by atoms with Crippen molar-refractivity contribution in [3.8, 4) is 0 Å². The van der Waals surface area contributed by atoms with Crippen LogP contribution in [-0.2, 0) is 4.79 Å². The molecule has 1 aromatic carbocycles. The number of hydrogen-bond acceptors (Lipinski definition) is 2. The zero-order valence-electron chi connectivity index (χ0n) is 12.1. The summed E-state index contributed by atoms with van der Waals surface area (Å²) >= 11 is 0. The Bertz CT molecular complexity index is 417. The summed E-state index contributed by atoms with van der Waals surface area (Å²) in [6.07, 6.45) is 2.07. The van der Waals surface area contributed by atoms with Gasteiger partial charge in [-0.05, 0) is 36.5 Å². The zero-order valence-corrected chi connectivity index (χ0v) is 12.1. The van der Waals surface area contributed by atoms with Gasteiger partial charge in [-0.25, -0.2) is 0 Å². The van der Waals surface area contributed by atoms with Gasteiger partial charge in [0.25, 0.3) is 0 Å². The number of nitrogens with one attached hydrogen (secondary N) is 1. The van der Waals surface area contributed by atoms with Crippen molar-refractivity contribution in [3.63, 3.8) is 0 Å². The normalized spacial score (nSPS) is 16.7. The van der Waals surface area contributed by atoms with Gasteiger partial charge in [0.1, 0.15) is 0 Å². The molecule has 0 radical (unpaired) electrons. The van der Waals surface area contributed by atoms with E-state index in [-0.39, 0.29) is 5.91 Å². The third kappa shape index (κ3) is 3.72. The number of carbonyl (C=O) groups excluding carboxylic acids is 1. The van der Waals surface area contributed by atoms with Crippen molar-refractivity contribution in [2.45, 2.75) is 45.6 Å². The van der Waals surface area contributed by atoms with Gasteiger partial charge in [-0.1, -0.05) is 26.0 Å². The summed E-state index contributed by atoms with van der Waals surface area (Å²) in [4.78, 5) is 13.4. The number of rotatable bonds is 3. The molecule has 0 aliphatic carbocycles. The maximum atomic E-state index is 11.0. The molecule has 0 spiro atoms. The van der Waals surface area contributed by atoms with Gasteiger partial charge in [-0.3, -0.25) is 4.79 Å². The van der Waals surface area contributed by atoms with Crippen molar-refractivity contribution >= 4 is 11.6 Å². The molecule has 1 heterocycles.